The Morgan fingerprint density at radius 1 is 1.29 bits per heavy atom. The first-order chi connectivity index (χ1) is 10.1. The molecule has 1 heterocycles. The molecular formula is C15H22N2O2S2. The van der Waals surface area contributed by atoms with E-state index in [4.69, 9.17) is 0 Å². The third kappa shape index (κ3) is 4.25. The van der Waals surface area contributed by atoms with Gasteiger partial charge in [0.1, 0.15) is 0 Å². The summed E-state index contributed by atoms with van der Waals surface area (Å²) in [4.78, 5) is 4.22. The maximum Gasteiger partial charge on any atom is 0.267 e. The van der Waals surface area contributed by atoms with Crippen LogP contribution in [0.4, 0.5) is 0 Å². The van der Waals surface area contributed by atoms with Crippen LogP contribution < -0.4 is 4.72 Å². The average molecular weight is 326 g/mol. The monoisotopic (exact) mass is 326 g/mol. The highest BCUT2D eigenvalue weighted by molar-refractivity contribution is 7.91. The fourth-order valence-corrected chi connectivity index (χ4v) is 4.58. The molecule has 2 rings (SSSR count). The highest BCUT2D eigenvalue weighted by atomic mass is 32.2. The van der Waals surface area contributed by atoms with Gasteiger partial charge in [0.05, 0.1) is 10.2 Å². The molecule has 0 aliphatic heterocycles. The minimum Gasteiger partial charge on any atom is -0.224 e. The Morgan fingerprint density at radius 3 is 2.71 bits per heavy atom. The van der Waals surface area contributed by atoms with E-state index in [-0.39, 0.29) is 4.34 Å². The number of benzene rings is 1. The van der Waals surface area contributed by atoms with E-state index in [9.17, 15) is 8.42 Å². The number of unbranched alkanes of at least 4 members (excludes halogenated alkanes) is 1. The zero-order valence-corrected chi connectivity index (χ0v) is 14.1. The lowest BCUT2D eigenvalue weighted by atomic mass is 10.00. The van der Waals surface area contributed by atoms with Crippen molar-refractivity contribution in [3.05, 3.63) is 24.3 Å². The summed E-state index contributed by atoms with van der Waals surface area (Å²) in [5.74, 6) is 0.397. The number of nitrogens with zero attached hydrogens (tertiary/aromatic N) is 1. The quantitative estimate of drug-likeness (QED) is 0.803. The summed E-state index contributed by atoms with van der Waals surface area (Å²) in [7, 11) is -3.49. The Morgan fingerprint density at radius 2 is 2.05 bits per heavy atom. The Labute approximate surface area is 130 Å². The van der Waals surface area contributed by atoms with Gasteiger partial charge >= 0.3 is 0 Å². The molecule has 0 radical (unpaired) electrons. The number of aromatic nitrogens is 1. The smallest absolute Gasteiger partial charge is 0.224 e. The summed E-state index contributed by atoms with van der Waals surface area (Å²) in [5, 5.41) is 0. The average Bonchev–Trinajstić information content (AvgIpc) is 2.92. The number of nitrogens with one attached hydrogen (secondary N) is 1. The third-order valence-electron chi connectivity index (χ3n) is 3.61. The lowest BCUT2D eigenvalue weighted by Gasteiger charge is -2.14. The van der Waals surface area contributed by atoms with Crippen molar-refractivity contribution in [1.29, 1.82) is 0 Å². The number of fused-ring (bicyclic) bond motifs is 1. The van der Waals surface area contributed by atoms with Gasteiger partial charge < -0.3 is 0 Å². The highest BCUT2D eigenvalue weighted by Gasteiger charge is 2.20. The Bertz CT molecular complexity index is 647. The molecule has 1 aromatic carbocycles. The third-order valence-corrected chi connectivity index (χ3v) is 6.45. The highest BCUT2D eigenvalue weighted by Crippen LogP contribution is 2.25. The first-order valence-corrected chi connectivity index (χ1v) is 9.72. The van der Waals surface area contributed by atoms with Crippen molar-refractivity contribution in [1.82, 2.24) is 9.71 Å². The van der Waals surface area contributed by atoms with Crippen LogP contribution in [0.25, 0.3) is 10.2 Å². The lowest BCUT2D eigenvalue weighted by Crippen LogP contribution is -2.29. The van der Waals surface area contributed by atoms with Crippen molar-refractivity contribution >= 4 is 31.6 Å². The summed E-state index contributed by atoms with van der Waals surface area (Å²) < 4.78 is 28.4. The van der Waals surface area contributed by atoms with Crippen LogP contribution in [-0.4, -0.2) is 19.9 Å². The van der Waals surface area contributed by atoms with Crippen molar-refractivity contribution in [3.8, 4) is 0 Å². The summed E-state index contributed by atoms with van der Waals surface area (Å²) in [6, 6.07) is 7.48. The van der Waals surface area contributed by atoms with Gasteiger partial charge in [-0.25, -0.2) is 18.1 Å². The van der Waals surface area contributed by atoms with Crippen LogP contribution in [0.1, 0.15) is 39.5 Å². The van der Waals surface area contributed by atoms with Crippen molar-refractivity contribution < 1.29 is 8.42 Å². The van der Waals surface area contributed by atoms with Crippen LogP contribution in [0.3, 0.4) is 0 Å². The second kappa shape index (κ2) is 7.33. The number of sulfonamides is 1. The van der Waals surface area contributed by atoms with Crippen molar-refractivity contribution in [2.75, 3.05) is 6.54 Å². The Kier molecular flexibility index (Phi) is 5.72. The predicted octanol–water partition coefficient (Wildman–Crippen LogP) is 3.79. The second-order valence-corrected chi connectivity index (χ2v) is 8.19. The number of thiazole rings is 1. The molecule has 0 aliphatic rings. The van der Waals surface area contributed by atoms with Crippen molar-refractivity contribution in [2.24, 2.45) is 5.92 Å². The summed E-state index contributed by atoms with van der Waals surface area (Å²) in [6.45, 7) is 4.75. The molecule has 116 valence electrons. The molecule has 0 aliphatic carbocycles. The van der Waals surface area contributed by atoms with E-state index in [1.54, 1.807) is 0 Å². The van der Waals surface area contributed by atoms with Crippen molar-refractivity contribution in [3.63, 3.8) is 0 Å². The minimum atomic E-state index is -3.49. The number of hydrogen-bond donors (Lipinski definition) is 1. The SMILES string of the molecule is CCCCC(CC)CNS(=O)(=O)c1nc2ccccc2s1. The molecular weight excluding hydrogens is 304 g/mol. The van der Waals surface area contributed by atoms with E-state index < -0.39 is 10.0 Å². The van der Waals surface area contributed by atoms with Gasteiger partial charge in [0.15, 0.2) is 0 Å². The zero-order chi connectivity index (χ0) is 15.3. The van der Waals surface area contributed by atoms with Gasteiger partial charge in [-0.1, -0.05) is 45.2 Å². The van der Waals surface area contributed by atoms with Crippen LogP contribution in [0.15, 0.2) is 28.6 Å². The molecule has 21 heavy (non-hydrogen) atoms. The molecule has 0 saturated carbocycles. The largest absolute Gasteiger partial charge is 0.267 e. The van der Waals surface area contributed by atoms with Gasteiger partial charge in [-0.15, -0.1) is 11.3 Å². The molecule has 2 aromatic rings. The summed E-state index contributed by atoms with van der Waals surface area (Å²) in [5.41, 5.74) is 0.737. The van der Waals surface area contributed by atoms with Gasteiger partial charge in [-0.2, -0.15) is 0 Å². The van der Waals surface area contributed by atoms with E-state index in [1.165, 1.54) is 11.3 Å². The minimum absolute atomic E-state index is 0.161. The van der Waals surface area contributed by atoms with E-state index in [0.717, 1.165) is 35.9 Å². The van der Waals surface area contributed by atoms with Crippen LogP contribution >= 0.6 is 11.3 Å². The molecule has 1 atom stereocenters. The molecule has 0 bridgehead atoms. The summed E-state index contributed by atoms with van der Waals surface area (Å²) in [6.07, 6.45) is 4.33. The normalized spacial score (nSPS) is 13.6. The standard InChI is InChI=1S/C15H22N2O2S2/c1-3-5-8-12(4-2)11-16-21(18,19)15-17-13-9-6-7-10-14(13)20-15/h6-7,9-10,12,16H,3-5,8,11H2,1-2H3. The fourth-order valence-electron chi connectivity index (χ4n) is 2.20. The molecule has 1 N–H and O–H groups in total. The number of para-hydroxylation sites is 1. The van der Waals surface area contributed by atoms with E-state index in [1.807, 2.05) is 24.3 Å². The van der Waals surface area contributed by atoms with Crippen molar-refractivity contribution in [2.45, 2.75) is 43.9 Å². The maximum absolute atomic E-state index is 12.3. The topological polar surface area (TPSA) is 59.1 Å². The Hall–Kier alpha value is -0.980. The van der Waals surface area contributed by atoms with Gasteiger partial charge in [0.2, 0.25) is 4.34 Å². The molecule has 0 amide bonds. The molecule has 0 saturated heterocycles. The zero-order valence-electron chi connectivity index (χ0n) is 12.5. The van der Waals surface area contributed by atoms with Gasteiger partial charge in [-0.05, 0) is 24.5 Å². The predicted molar refractivity (Wildman–Crippen MR) is 88.1 cm³/mol. The van der Waals surface area contributed by atoms with Crippen LogP contribution in [0.2, 0.25) is 0 Å². The lowest BCUT2D eigenvalue weighted by molar-refractivity contribution is 0.443. The van der Waals surface area contributed by atoms with Crippen LogP contribution in [0.5, 0.6) is 0 Å². The molecule has 1 aromatic heterocycles. The van der Waals surface area contributed by atoms with E-state index in [2.05, 4.69) is 23.6 Å². The van der Waals surface area contributed by atoms with Gasteiger partial charge in [0, 0.05) is 6.54 Å². The molecule has 0 fully saturated rings. The maximum atomic E-state index is 12.3. The Balaban J connectivity index is 2.07. The molecule has 1 unspecified atom stereocenters. The number of rotatable bonds is 8. The molecule has 6 heteroatoms. The van der Waals surface area contributed by atoms with Crippen LogP contribution in [-0.2, 0) is 10.0 Å². The van der Waals surface area contributed by atoms with Gasteiger partial charge in [0.25, 0.3) is 10.0 Å². The molecule has 4 nitrogen and oxygen atoms in total. The second-order valence-electron chi connectivity index (χ2n) is 5.22. The van der Waals surface area contributed by atoms with Crippen LogP contribution in [0, 0.1) is 5.92 Å². The van der Waals surface area contributed by atoms with E-state index in [0.29, 0.717) is 12.5 Å². The molecule has 0 spiro atoms. The first-order valence-electron chi connectivity index (χ1n) is 7.42. The summed E-state index contributed by atoms with van der Waals surface area (Å²) >= 11 is 1.22. The number of hydrogen-bond acceptors (Lipinski definition) is 4. The first kappa shape index (κ1) is 16.4. The van der Waals surface area contributed by atoms with Gasteiger partial charge in [-0.3, -0.25) is 0 Å². The fraction of sp³-hybridized carbons (Fsp3) is 0.533. The van der Waals surface area contributed by atoms with E-state index >= 15 is 0 Å².